The molecule has 0 aliphatic carbocycles. The van der Waals surface area contributed by atoms with Crippen LogP contribution in [0.4, 0.5) is 4.39 Å². The van der Waals surface area contributed by atoms with Gasteiger partial charge in [0.15, 0.2) is 0 Å². The molecule has 0 saturated carbocycles. The summed E-state index contributed by atoms with van der Waals surface area (Å²) in [5, 5.41) is 0.205. The molecule has 106 valence electrons. The number of sulfonamides is 1. The molecule has 8 heteroatoms. The molecule has 0 atom stereocenters. The van der Waals surface area contributed by atoms with Gasteiger partial charge in [-0.05, 0) is 35.9 Å². The Bertz CT molecular complexity index is 723. The van der Waals surface area contributed by atoms with Gasteiger partial charge in [0.2, 0.25) is 10.0 Å². The molecule has 2 rings (SSSR count). The van der Waals surface area contributed by atoms with Gasteiger partial charge in [0, 0.05) is 17.2 Å². The number of nitrogens with zero attached hydrogens (tertiary/aromatic N) is 1. The van der Waals surface area contributed by atoms with Crippen LogP contribution in [-0.4, -0.2) is 13.4 Å². The summed E-state index contributed by atoms with van der Waals surface area (Å²) in [4.78, 5) is 3.70. The lowest BCUT2D eigenvalue weighted by Crippen LogP contribution is -2.23. The van der Waals surface area contributed by atoms with Crippen molar-refractivity contribution in [1.29, 1.82) is 0 Å². The van der Waals surface area contributed by atoms with Gasteiger partial charge in [-0.3, -0.25) is 0 Å². The van der Waals surface area contributed by atoms with Gasteiger partial charge in [-0.2, -0.15) is 0 Å². The van der Waals surface area contributed by atoms with Crippen molar-refractivity contribution in [2.24, 2.45) is 0 Å². The van der Waals surface area contributed by atoms with E-state index in [1.165, 1.54) is 30.3 Å². The van der Waals surface area contributed by atoms with E-state index in [0.29, 0.717) is 10.0 Å². The van der Waals surface area contributed by atoms with Crippen LogP contribution >= 0.6 is 27.5 Å². The first-order chi connectivity index (χ1) is 9.38. The normalized spacial score (nSPS) is 11.6. The zero-order valence-corrected chi connectivity index (χ0v) is 13.1. The molecule has 20 heavy (non-hydrogen) atoms. The highest BCUT2D eigenvalue weighted by atomic mass is 79.9. The van der Waals surface area contributed by atoms with E-state index in [4.69, 9.17) is 11.6 Å². The van der Waals surface area contributed by atoms with Crippen molar-refractivity contribution in [1.82, 2.24) is 9.71 Å². The first-order valence-electron chi connectivity index (χ1n) is 5.43. The Morgan fingerprint density at radius 1 is 1.30 bits per heavy atom. The van der Waals surface area contributed by atoms with E-state index in [9.17, 15) is 12.8 Å². The maximum Gasteiger partial charge on any atom is 0.242 e. The van der Waals surface area contributed by atoms with Crippen molar-refractivity contribution in [3.63, 3.8) is 0 Å². The summed E-state index contributed by atoms with van der Waals surface area (Å²) in [7, 11) is -3.72. The molecule has 0 unspecified atom stereocenters. The van der Waals surface area contributed by atoms with Crippen molar-refractivity contribution >= 4 is 37.6 Å². The summed E-state index contributed by atoms with van der Waals surface area (Å²) in [6.45, 7) is -0.0384. The molecule has 1 heterocycles. The van der Waals surface area contributed by atoms with Crippen molar-refractivity contribution in [2.75, 3.05) is 0 Å². The van der Waals surface area contributed by atoms with E-state index in [2.05, 4.69) is 25.6 Å². The number of benzene rings is 1. The predicted molar refractivity (Wildman–Crippen MR) is 77.4 cm³/mol. The highest BCUT2D eigenvalue weighted by Crippen LogP contribution is 2.18. The Morgan fingerprint density at radius 3 is 2.70 bits per heavy atom. The first-order valence-corrected chi connectivity index (χ1v) is 8.09. The Balaban J connectivity index is 2.17. The van der Waals surface area contributed by atoms with Gasteiger partial charge in [-0.15, -0.1) is 0 Å². The van der Waals surface area contributed by atoms with Gasteiger partial charge >= 0.3 is 0 Å². The number of hydrogen-bond acceptors (Lipinski definition) is 3. The van der Waals surface area contributed by atoms with Gasteiger partial charge in [0.25, 0.3) is 0 Å². The summed E-state index contributed by atoms with van der Waals surface area (Å²) in [6, 6.07) is 6.78. The van der Waals surface area contributed by atoms with Crippen LogP contribution in [0, 0.1) is 5.82 Å². The Morgan fingerprint density at radius 2 is 2.05 bits per heavy atom. The highest BCUT2D eigenvalue weighted by Gasteiger charge is 2.15. The molecular weight excluding hydrogens is 371 g/mol. The van der Waals surface area contributed by atoms with Crippen molar-refractivity contribution in [3.8, 4) is 0 Å². The molecule has 0 saturated heterocycles. The van der Waals surface area contributed by atoms with Crippen molar-refractivity contribution in [2.45, 2.75) is 11.4 Å². The molecule has 1 N–H and O–H groups in total. The van der Waals surface area contributed by atoms with Gasteiger partial charge in [0.05, 0.1) is 0 Å². The van der Waals surface area contributed by atoms with Crippen LogP contribution in [-0.2, 0) is 16.6 Å². The SMILES string of the molecule is O=S(=O)(NCc1cc(F)ccc1Br)c1ccc(Cl)nc1. The molecule has 4 nitrogen and oxygen atoms in total. The number of nitrogens with one attached hydrogen (secondary N) is 1. The first kappa shape index (κ1) is 15.4. The van der Waals surface area contributed by atoms with Crippen LogP contribution < -0.4 is 4.72 Å². The maximum absolute atomic E-state index is 13.1. The topological polar surface area (TPSA) is 59.1 Å². The van der Waals surface area contributed by atoms with E-state index in [0.717, 1.165) is 6.20 Å². The number of hydrogen-bond donors (Lipinski definition) is 1. The van der Waals surface area contributed by atoms with Crippen LogP contribution in [0.2, 0.25) is 5.15 Å². The highest BCUT2D eigenvalue weighted by molar-refractivity contribution is 9.10. The monoisotopic (exact) mass is 378 g/mol. The predicted octanol–water partition coefficient (Wildman–Crippen LogP) is 3.12. The zero-order valence-electron chi connectivity index (χ0n) is 9.98. The second-order valence-corrected chi connectivity index (χ2v) is 6.89. The van der Waals surface area contributed by atoms with E-state index in [1.54, 1.807) is 0 Å². The summed E-state index contributed by atoms with van der Waals surface area (Å²) in [5.74, 6) is -0.435. The Hall–Kier alpha value is -1.02. The molecule has 0 amide bonds. The fourth-order valence-electron chi connectivity index (χ4n) is 1.46. The van der Waals surface area contributed by atoms with Gasteiger partial charge < -0.3 is 0 Å². The third-order valence-electron chi connectivity index (χ3n) is 2.47. The molecule has 1 aromatic heterocycles. The summed E-state index contributed by atoms with van der Waals surface area (Å²) >= 11 is 8.83. The largest absolute Gasteiger partial charge is 0.243 e. The fraction of sp³-hybridized carbons (Fsp3) is 0.0833. The number of pyridine rings is 1. The van der Waals surface area contributed by atoms with Crippen molar-refractivity contribution in [3.05, 3.63) is 57.5 Å². The minimum Gasteiger partial charge on any atom is -0.243 e. The van der Waals surface area contributed by atoms with Crippen molar-refractivity contribution < 1.29 is 12.8 Å². The van der Waals surface area contributed by atoms with Crippen LogP contribution in [0.3, 0.4) is 0 Å². The van der Waals surface area contributed by atoms with Crippen LogP contribution in [0.1, 0.15) is 5.56 Å². The van der Waals surface area contributed by atoms with E-state index >= 15 is 0 Å². The van der Waals surface area contributed by atoms with E-state index in [1.807, 2.05) is 0 Å². The molecule has 0 fully saturated rings. The molecule has 1 aromatic carbocycles. The average Bonchev–Trinajstić information content (AvgIpc) is 2.40. The minimum absolute atomic E-state index is 0.00516. The molecular formula is C12H9BrClFN2O2S. The van der Waals surface area contributed by atoms with E-state index in [-0.39, 0.29) is 16.6 Å². The fourth-order valence-corrected chi connectivity index (χ4v) is 2.91. The maximum atomic E-state index is 13.1. The Labute approximate surface area is 129 Å². The lowest BCUT2D eigenvalue weighted by atomic mass is 10.2. The number of rotatable bonds is 4. The summed E-state index contributed by atoms with van der Waals surface area (Å²) in [6.07, 6.45) is 1.16. The molecule has 0 aliphatic heterocycles. The van der Waals surface area contributed by atoms with Crippen LogP contribution in [0.15, 0.2) is 45.9 Å². The number of aromatic nitrogens is 1. The van der Waals surface area contributed by atoms with Crippen LogP contribution in [0.25, 0.3) is 0 Å². The smallest absolute Gasteiger partial charge is 0.242 e. The lowest BCUT2D eigenvalue weighted by Gasteiger charge is -2.08. The molecule has 0 radical (unpaired) electrons. The van der Waals surface area contributed by atoms with Gasteiger partial charge in [0.1, 0.15) is 15.9 Å². The standard InChI is InChI=1S/C12H9BrClFN2O2S/c13-11-3-1-9(15)5-8(11)6-17-20(18,19)10-2-4-12(14)16-7-10/h1-5,7,17H,6H2. The van der Waals surface area contributed by atoms with E-state index < -0.39 is 15.8 Å². The molecule has 0 aliphatic rings. The molecule has 0 spiro atoms. The molecule has 0 bridgehead atoms. The average molecular weight is 380 g/mol. The lowest BCUT2D eigenvalue weighted by molar-refractivity contribution is 0.579. The number of halogens is 3. The van der Waals surface area contributed by atoms with Crippen LogP contribution in [0.5, 0.6) is 0 Å². The quantitative estimate of drug-likeness (QED) is 0.830. The minimum atomic E-state index is -3.72. The summed E-state index contributed by atoms with van der Waals surface area (Å²) in [5.41, 5.74) is 0.496. The third-order valence-corrected chi connectivity index (χ3v) is 4.85. The van der Waals surface area contributed by atoms with Gasteiger partial charge in [-0.25, -0.2) is 22.5 Å². The third kappa shape index (κ3) is 3.76. The van der Waals surface area contributed by atoms with Gasteiger partial charge in [-0.1, -0.05) is 27.5 Å². The zero-order chi connectivity index (χ0) is 14.8. The summed E-state index contributed by atoms with van der Waals surface area (Å²) < 4.78 is 40.1. The second-order valence-electron chi connectivity index (χ2n) is 3.88. The molecule has 2 aromatic rings. The second kappa shape index (κ2) is 6.17. The Kier molecular flexibility index (Phi) is 4.74.